The number of ketones is 1. The minimum Gasteiger partial charge on any atom is -0.506 e. The highest BCUT2D eigenvalue weighted by Crippen LogP contribution is 2.45. The number of anilines is 6. The van der Waals surface area contributed by atoms with Crippen LogP contribution in [0, 0.1) is 0 Å². The molecule has 260 valence electrons. The summed E-state index contributed by atoms with van der Waals surface area (Å²) in [5.41, 5.74) is 5.19. The summed E-state index contributed by atoms with van der Waals surface area (Å²) in [4.78, 5) is 17.9. The van der Waals surface area contributed by atoms with Crippen molar-refractivity contribution in [2.24, 2.45) is 0 Å². The predicted molar refractivity (Wildman–Crippen MR) is 207 cm³/mol. The van der Waals surface area contributed by atoms with Gasteiger partial charge in [0, 0.05) is 39.7 Å². The number of carbonyl (C=O) groups excluding carboxylic acids is 1. The molecule has 0 fully saturated rings. The molecule has 0 saturated heterocycles. The molecule has 3 unspecified atom stereocenters. The average Bonchev–Trinajstić information content (AvgIpc) is 3.15. The van der Waals surface area contributed by atoms with Crippen molar-refractivity contribution in [3.8, 4) is 0 Å². The normalized spacial score (nSPS) is 17.9. The van der Waals surface area contributed by atoms with Crippen LogP contribution < -0.4 is 19.2 Å². The first-order chi connectivity index (χ1) is 25.3. The van der Waals surface area contributed by atoms with Crippen LogP contribution in [-0.2, 0) is 27.3 Å². The van der Waals surface area contributed by atoms with Crippen LogP contribution in [0.15, 0.2) is 180 Å². The number of hydrogen-bond acceptors (Lipinski definition) is 6. The van der Waals surface area contributed by atoms with E-state index in [-0.39, 0.29) is 33.7 Å². The topological polar surface area (TPSA) is 142 Å². The van der Waals surface area contributed by atoms with Crippen molar-refractivity contribution in [1.82, 2.24) is 4.72 Å². The van der Waals surface area contributed by atoms with Crippen molar-refractivity contribution in [2.45, 2.75) is 6.04 Å². The summed E-state index contributed by atoms with van der Waals surface area (Å²) in [6.45, 7) is 0. The number of nitrogens with one attached hydrogen (secondary N) is 2. The number of hydrogen-bond donors (Lipinski definition) is 5. The Kier molecular flexibility index (Phi) is 10.1. The first-order valence-electron chi connectivity index (χ1n) is 16.1. The number of nitrogens with zero attached hydrogens (tertiary/aromatic N) is 2. The van der Waals surface area contributed by atoms with Gasteiger partial charge in [-0.05, 0) is 84.5 Å². The van der Waals surface area contributed by atoms with Gasteiger partial charge < -0.3 is 14.9 Å². The van der Waals surface area contributed by atoms with E-state index in [9.17, 15) is 27.4 Å². The van der Waals surface area contributed by atoms with Crippen LogP contribution in [0.3, 0.4) is 0 Å². The smallest absolute Gasteiger partial charge is 0.259 e. The van der Waals surface area contributed by atoms with E-state index in [0.717, 1.165) is 22.7 Å². The van der Waals surface area contributed by atoms with Crippen molar-refractivity contribution < 1.29 is 27.4 Å². The Bertz CT molecular complexity index is 2220. The summed E-state index contributed by atoms with van der Waals surface area (Å²) in [6, 6.07) is 42.4. The van der Waals surface area contributed by atoms with Crippen LogP contribution in [0.1, 0.15) is 5.56 Å². The van der Waals surface area contributed by atoms with Crippen molar-refractivity contribution in [3.05, 3.63) is 186 Å². The zero-order valence-electron chi connectivity index (χ0n) is 27.4. The molecule has 0 aromatic heterocycles. The van der Waals surface area contributed by atoms with E-state index in [1.165, 1.54) is 0 Å². The SMILES string of the molecule is O=C1C(c2ccc(N(c3ccccc3)c3ccccc3)cc2NS(=O)O)=C(O)/C1=C1/C=CC(N(c2ccccc2)c2ccccc2)=CC1NS(=O)O. The van der Waals surface area contributed by atoms with Gasteiger partial charge in [0.05, 0.1) is 22.9 Å². The Morgan fingerprint density at radius 1 is 0.577 bits per heavy atom. The Labute approximate surface area is 305 Å². The Morgan fingerprint density at radius 3 is 1.54 bits per heavy atom. The number of Topliss-reactive ketones (excluding diaryl/α,β-unsaturated/α-hetero) is 1. The van der Waals surface area contributed by atoms with E-state index in [1.54, 1.807) is 36.4 Å². The van der Waals surface area contributed by atoms with Crippen LogP contribution in [0.2, 0.25) is 0 Å². The minimum atomic E-state index is -2.51. The minimum absolute atomic E-state index is 0.0363. The molecule has 12 heteroatoms. The molecule has 0 radical (unpaired) electrons. The summed E-state index contributed by atoms with van der Waals surface area (Å²) in [5.74, 6) is -0.877. The third-order valence-corrected chi connectivity index (χ3v) is 9.44. The number of allylic oxidation sites excluding steroid dienone is 3. The maximum Gasteiger partial charge on any atom is 0.259 e. The molecule has 5 aromatic rings. The van der Waals surface area contributed by atoms with E-state index >= 15 is 0 Å². The molecule has 7 rings (SSSR count). The second-order valence-corrected chi connectivity index (χ2v) is 13.2. The molecule has 5 N–H and O–H groups in total. The van der Waals surface area contributed by atoms with Crippen LogP contribution in [0.25, 0.3) is 5.57 Å². The van der Waals surface area contributed by atoms with E-state index in [0.29, 0.717) is 11.4 Å². The van der Waals surface area contributed by atoms with Gasteiger partial charge >= 0.3 is 0 Å². The third kappa shape index (κ3) is 7.01. The van der Waals surface area contributed by atoms with Crippen LogP contribution in [-0.4, -0.2) is 34.5 Å². The molecular formula is C40H32N4O6S2. The predicted octanol–water partition coefficient (Wildman–Crippen LogP) is 8.24. The van der Waals surface area contributed by atoms with E-state index < -0.39 is 34.4 Å². The Balaban J connectivity index is 1.30. The molecule has 3 atom stereocenters. The zero-order chi connectivity index (χ0) is 36.2. The molecule has 10 nitrogen and oxygen atoms in total. The molecule has 0 spiro atoms. The highest BCUT2D eigenvalue weighted by Gasteiger charge is 2.40. The van der Waals surface area contributed by atoms with Gasteiger partial charge in [-0.15, -0.1) is 0 Å². The lowest BCUT2D eigenvalue weighted by atomic mass is 9.78. The third-order valence-electron chi connectivity index (χ3n) is 8.59. The largest absolute Gasteiger partial charge is 0.506 e. The van der Waals surface area contributed by atoms with Crippen LogP contribution >= 0.6 is 0 Å². The summed E-state index contributed by atoms with van der Waals surface area (Å²) in [6.07, 6.45) is 5.13. The molecule has 0 amide bonds. The van der Waals surface area contributed by atoms with E-state index in [2.05, 4.69) is 9.44 Å². The lowest BCUT2D eigenvalue weighted by Crippen LogP contribution is -2.36. The zero-order valence-corrected chi connectivity index (χ0v) is 29.0. The number of carbonyl (C=O) groups is 1. The molecule has 0 bridgehead atoms. The number of benzene rings is 5. The molecule has 0 heterocycles. The van der Waals surface area contributed by atoms with Gasteiger partial charge in [-0.2, -0.15) is 0 Å². The number of rotatable bonds is 11. The molecule has 0 aliphatic heterocycles. The van der Waals surface area contributed by atoms with Crippen molar-refractivity contribution in [1.29, 1.82) is 0 Å². The molecule has 2 aliphatic carbocycles. The standard InChI is InChI=1S/C40H32N4O6S2/c45-39-37(33-23-21-31(25-35(33)41-51(47)48)43(27-13-5-1-6-14-27)28-15-7-2-8-16-28)40(46)38(39)34-24-22-32(26-36(34)42-52(49)50)44(29-17-9-3-10-18-29)30-19-11-4-12-20-30/h1-26,35,41-42,45H,(H,47,48)(H,49,50)/b37-33+. The van der Waals surface area contributed by atoms with Crippen LogP contribution in [0.4, 0.5) is 34.1 Å². The van der Waals surface area contributed by atoms with E-state index in [4.69, 9.17) is 0 Å². The summed E-state index contributed by atoms with van der Waals surface area (Å²) < 4.78 is 49.2. The van der Waals surface area contributed by atoms with Gasteiger partial charge in [-0.25, -0.2) is 13.1 Å². The Hall–Kier alpha value is -5.89. The van der Waals surface area contributed by atoms with Gasteiger partial charge in [-0.1, -0.05) is 78.9 Å². The average molecular weight is 729 g/mol. The monoisotopic (exact) mass is 728 g/mol. The quantitative estimate of drug-likeness (QED) is 0.0677. The maximum absolute atomic E-state index is 14.0. The highest BCUT2D eigenvalue weighted by atomic mass is 32.2. The second-order valence-electron chi connectivity index (χ2n) is 11.7. The number of aliphatic hydroxyl groups excluding tert-OH is 1. The first-order valence-corrected chi connectivity index (χ1v) is 18.3. The summed E-state index contributed by atoms with van der Waals surface area (Å²) >= 11 is -4.99. The Morgan fingerprint density at radius 2 is 1.08 bits per heavy atom. The van der Waals surface area contributed by atoms with Gasteiger partial charge in [0.25, 0.3) is 11.3 Å². The van der Waals surface area contributed by atoms with Crippen molar-refractivity contribution >= 4 is 68.0 Å². The fourth-order valence-electron chi connectivity index (χ4n) is 6.38. The maximum atomic E-state index is 14.0. The second kappa shape index (κ2) is 15.2. The molecular weight excluding hydrogens is 697 g/mol. The lowest BCUT2D eigenvalue weighted by molar-refractivity contribution is -0.111. The van der Waals surface area contributed by atoms with Gasteiger partial charge in [-0.3, -0.25) is 18.6 Å². The lowest BCUT2D eigenvalue weighted by Gasteiger charge is -2.32. The van der Waals surface area contributed by atoms with E-state index in [1.807, 2.05) is 131 Å². The summed E-state index contributed by atoms with van der Waals surface area (Å²) in [7, 11) is 0. The molecule has 0 saturated carbocycles. The first kappa shape index (κ1) is 34.6. The van der Waals surface area contributed by atoms with Gasteiger partial charge in [0.2, 0.25) is 17.0 Å². The van der Waals surface area contributed by atoms with Crippen LogP contribution in [0.5, 0.6) is 0 Å². The van der Waals surface area contributed by atoms with Gasteiger partial charge in [0.15, 0.2) is 0 Å². The fraction of sp³-hybridized carbons (Fsp3) is 0.0250. The highest BCUT2D eigenvalue weighted by molar-refractivity contribution is 7.80. The fourth-order valence-corrected chi connectivity index (χ4v) is 7.15. The molecule has 2 aliphatic rings. The number of para-hydroxylation sites is 4. The number of aliphatic hydroxyl groups is 1. The van der Waals surface area contributed by atoms with Crippen molar-refractivity contribution in [3.63, 3.8) is 0 Å². The van der Waals surface area contributed by atoms with Gasteiger partial charge in [0.1, 0.15) is 5.76 Å². The molecule has 52 heavy (non-hydrogen) atoms. The molecule has 5 aromatic carbocycles. The van der Waals surface area contributed by atoms with Crippen molar-refractivity contribution in [2.75, 3.05) is 14.5 Å². The summed E-state index contributed by atoms with van der Waals surface area (Å²) in [5, 5.41) is 11.5.